The predicted molar refractivity (Wildman–Crippen MR) is 124 cm³/mol. The summed E-state index contributed by atoms with van der Waals surface area (Å²) in [4.78, 5) is 21.3. The molecule has 2 aromatic heterocycles. The first-order chi connectivity index (χ1) is 15.0. The molecule has 0 aliphatic heterocycles. The molecular weight excluding hydrogens is 430 g/mol. The lowest BCUT2D eigenvalue weighted by Crippen LogP contribution is -2.24. The summed E-state index contributed by atoms with van der Waals surface area (Å²) in [6, 6.07) is 17.6. The average molecular weight is 452 g/mol. The molecule has 2 heterocycles. The van der Waals surface area contributed by atoms with Crippen LogP contribution in [0.5, 0.6) is 0 Å². The van der Waals surface area contributed by atoms with Gasteiger partial charge in [0.2, 0.25) is 11.1 Å². The van der Waals surface area contributed by atoms with Gasteiger partial charge in [0.25, 0.3) is 5.78 Å². The van der Waals surface area contributed by atoms with Gasteiger partial charge < -0.3 is 5.32 Å². The maximum Gasteiger partial charge on any atom is 0.253 e. The summed E-state index contributed by atoms with van der Waals surface area (Å²) in [5.41, 5.74) is 5.24. The molecule has 1 amide bonds. The van der Waals surface area contributed by atoms with Gasteiger partial charge in [0, 0.05) is 29.4 Å². The van der Waals surface area contributed by atoms with E-state index in [-0.39, 0.29) is 11.7 Å². The molecule has 8 heteroatoms. The number of amides is 1. The van der Waals surface area contributed by atoms with Crippen LogP contribution in [0.1, 0.15) is 28.1 Å². The van der Waals surface area contributed by atoms with Crippen molar-refractivity contribution in [3.63, 3.8) is 0 Å². The Kier molecular flexibility index (Phi) is 6.53. The number of nitrogens with one attached hydrogen (secondary N) is 1. The zero-order valence-electron chi connectivity index (χ0n) is 17.3. The van der Waals surface area contributed by atoms with Crippen LogP contribution in [0, 0.1) is 13.8 Å². The molecule has 4 aromatic rings. The molecule has 0 aliphatic carbocycles. The number of hydrogen-bond acceptors (Lipinski definition) is 5. The van der Waals surface area contributed by atoms with Crippen LogP contribution in [0.15, 0.2) is 59.8 Å². The van der Waals surface area contributed by atoms with E-state index in [1.807, 2.05) is 68.4 Å². The molecule has 0 unspecified atom stereocenters. The van der Waals surface area contributed by atoms with Crippen LogP contribution in [0.3, 0.4) is 0 Å². The van der Waals surface area contributed by atoms with Gasteiger partial charge in [-0.3, -0.25) is 4.79 Å². The van der Waals surface area contributed by atoms with Crippen molar-refractivity contribution < 1.29 is 4.79 Å². The van der Waals surface area contributed by atoms with E-state index in [0.29, 0.717) is 17.5 Å². The highest BCUT2D eigenvalue weighted by Gasteiger charge is 2.15. The van der Waals surface area contributed by atoms with Crippen molar-refractivity contribution in [2.45, 2.75) is 32.0 Å². The third-order valence-corrected chi connectivity index (χ3v) is 6.08. The van der Waals surface area contributed by atoms with Crippen molar-refractivity contribution in [3.05, 3.63) is 87.7 Å². The molecule has 6 nitrogen and oxygen atoms in total. The second kappa shape index (κ2) is 9.49. The highest BCUT2D eigenvalue weighted by molar-refractivity contribution is 7.99. The average Bonchev–Trinajstić information content (AvgIpc) is 3.19. The molecule has 0 spiro atoms. The monoisotopic (exact) mass is 451 g/mol. The molecule has 0 fully saturated rings. The quantitative estimate of drug-likeness (QED) is 0.422. The van der Waals surface area contributed by atoms with Gasteiger partial charge in [0.1, 0.15) is 0 Å². The van der Waals surface area contributed by atoms with E-state index in [1.165, 1.54) is 11.8 Å². The summed E-state index contributed by atoms with van der Waals surface area (Å²) in [7, 11) is 0. The van der Waals surface area contributed by atoms with E-state index >= 15 is 0 Å². The Morgan fingerprint density at radius 2 is 1.77 bits per heavy atom. The molecule has 2 aromatic carbocycles. The fourth-order valence-electron chi connectivity index (χ4n) is 3.29. The van der Waals surface area contributed by atoms with Gasteiger partial charge in [-0.1, -0.05) is 65.8 Å². The number of carbonyl (C=O) groups is 1. The summed E-state index contributed by atoms with van der Waals surface area (Å²) in [6.07, 6.45) is 0.738. The second-order valence-corrected chi connectivity index (χ2v) is 8.60. The molecule has 0 saturated carbocycles. The van der Waals surface area contributed by atoms with E-state index in [9.17, 15) is 4.79 Å². The van der Waals surface area contributed by atoms with E-state index in [0.717, 1.165) is 39.5 Å². The fraction of sp³-hybridized carbons (Fsp3) is 0.217. The number of carbonyl (C=O) groups excluding carboxylic acids is 1. The first-order valence-electron chi connectivity index (χ1n) is 9.90. The maximum atomic E-state index is 12.2. The number of nitrogens with zero attached hydrogens (tertiary/aromatic N) is 4. The van der Waals surface area contributed by atoms with Crippen LogP contribution < -0.4 is 5.32 Å². The van der Waals surface area contributed by atoms with Crippen molar-refractivity contribution in [2.24, 2.45) is 0 Å². The molecule has 0 aliphatic rings. The maximum absolute atomic E-state index is 12.2. The normalized spacial score (nSPS) is 11.1. The van der Waals surface area contributed by atoms with Crippen molar-refractivity contribution in [3.8, 4) is 0 Å². The smallest absolute Gasteiger partial charge is 0.253 e. The molecule has 31 heavy (non-hydrogen) atoms. The molecule has 4 rings (SSSR count). The molecule has 1 N–H and O–H groups in total. The first kappa shape index (κ1) is 21.3. The lowest BCUT2D eigenvalue weighted by molar-refractivity contribution is -0.118. The molecular formula is C23H22ClN5OS. The highest BCUT2D eigenvalue weighted by Crippen LogP contribution is 2.21. The molecule has 0 atom stereocenters. The molecule has 0 radical (unpaired) electrons. The Hall–Kier alpha value is -2.90. The standard InChI is InChI=1S/C23H22ClN5OS/c1-15-20(12-17-8-10-19(24)11-9-17)16(2)29-22(26-15)27-23(28-29)31-14-21(30)25-13-18-6-4-3-5-7-18/h3-11H,12-14H2,1-2H3,(H,25,30). The number of fused-ring (bicyclic) bond motifs is 1. The van der Waals surface area contributed by atoms with E-state index in [2.05, 4.69) is 20.4 Å². The number of hydrogen-bond donors (Lipinski definition) is 1. The summed E-state index contributed by atoms with van der Waals surface area (Å²) in [5.74, 6) is 0.735. The SMILES string of the molecule is Cc1nc2nc(SCC(=O)NCc3ccccc3)nn2c(C)c1Cc1ccc(Cl)cc1. The number of rotatable bonds is 7. The highest BCUT2D eigenvalue weighted by atomic mass is 35.5. The van der Waals surface area contributed by atoms with E-state index < -0.39 is 0 Å². The molecule has 0 saturated heterocycles. The van der Waals surface area contributed by atoms with Gasteiger partial charge >= 0.3 is 0 Å². The summed E-state index contributed by atoms with van der Waals surface area (Å²) in [6.45, 7) is 4.51. The lowest BCUT2D eigenvalue weighted by Gasteiger charge is -2.10. The topological polar surface area (TPSA) is 72.2 Å². The summed E-state index contributed by atoms with van der Waals surface area (Å²) < 4.78 is 1.75. The van der Waals surface area contributed by atoms with Crippen LogP contribution >= 0.6 is 23.4 Å². The third-order valence-electron chi connectivity index (χ3n) is 4.99. The van der Waals surface area contributed by atoms with E-state index in [4.69, 9.17) is 11.6 Å². The molecule has 158 valence electrons. The number of aryl methyl sites for hydroxylation is 2. The Bertz CT molecular complexity index is 1210. The van der Waals surface area contributed by atoms with Crippen LogP contribution in [-0.4, -0.2) is 31.2 Å². The minimum atomic E-state index is -0.0583. The largest absolute Gasteiger partial charge is 0.351 e. The minimum Gasteiger partial charge on any atom is -0.351 e. The summed E-state index contributed by atoms with van der Waals surface area (Å²) >= 11 is 7.30. The van der Waals surface area contributed by atoms with Gasteiger partial charge in [-0.15, -0.1) is 5.10 Å². The predicted octanol–water partition coefficient (Wildman–Crippen LogP) is 4.39. The lowest BCUT2D eigenvalue weighted by atomic mass is 10.0. The zero-order chi connectivity index (χ0) is 21.8. The van der Waals surface area contributed by atoms with Crippen LogP contribution in [0.4, 0.5) is 0 Å². The minimum absolute atomic E-state index is 0.0583. The number of aromatic nitrogens is 4. The van der Waals surface area contributed by atoms with Crippen molar-refractivity contribution in [1.29, 1.82) is 0 Å². The van der Waals surface area contributed by atoms with Gasteiger partial charge in [-0.05, 0) is 42.7 Å². The van der Waals surface area contributed by atoms with Gasteiger partial charge in [0.05, 0.1) is 5.75 Å². The zero-order valence-corrected chi connectivity index (χ0v) is 18.9. The Morgan fingerprint density at radius 1 is 1.03 bits per heavy atom. The first-order valence-corrected chi connectivity index (χ1v) is 11.3. The van der Waals surface area contributed by atoms with Crippen LogP contribution in [-0.2, 0) is 17.8 Å². The second-order valence-electron chi connectivity index (χ2n) is 7.22. The Morgan fingerprint density at radius 3 is 2.52 bits per heavy atom. The van der Waals surface area contributed by atoms with Crippen LogP contribution in [0.25, 0.3) is 5.78 Å². The summed E-state index contributed by atoms with van der Waals surface area (Å²) in [5, 5.41) is 8.74. The van der Waals surface area contributed by atoms with E-state index in [1.54, 1.807) is 4.52 Å². The van der Waals surface area contributed by atoms with Crippen LogP contribution in [0.2, 0.25) is 5.02 Å². The fourth-order valence-corrected chi connectivity index (χ4v) is 4.06. The Balaban J connectivity index is 1.44. The number of benzene rings is 2. The third kappa shape index (κ3) is 5.24. The van der Waals surface area contributed by atoms with Crippen molar-refractivity contribution in [1.82, 2.24) is 24.9 Å². The molecule has 0 bridgehead atoms. The van der Waals surface area contributed by atoms with Gasteiger partial charge in [-0.25, -0.2) is 9.50 Å². The van der Waals surface area contributed by atoms with Crippen molar-refractivity contribution >= 4 is 35.0 Å². The van der Waals surface area contributed by atoms with Gasteiger partial charge in [-0.2, -0.15) is 4.98 Å². The Labute approximate surface area is 190 Å². The number of halogens is 1. The van der Waals surface area contributed by atoms with Crippen molar-refractivity contribution in [2.75, 3.05) is 5.75 Å². The van der Waals surface area contributed by atoms with Gasteiger partial charge in [0.15, 0.2) is 0 Å². The number of thioether (sulfide) groups is 1.